The average Bonchev–Trinajstić information content (AvgIpc) is 2.81. The van der Waals surface area contributed by atoms with Crippen molar-refractivity contribution in [2.45, 2.75) is 32.2 Å². The fourth-order valence-electron chi connectivity index (χ4n) is 1.84. The smallest absolute Gasteiger partial charge is 0.231 e. The first-order valence-electron chi connectivity index (χ1n) is 6.16. The quantitative estimate of drug-likeness (QED) is 0.705. The Kier molecular flexibility index (Phi) is 3.51. The lowest BCUT2D eigenvalue weighted by atomic mass is 10.1. The number of aliphatic hydroxyl groups excluding tert-OH is 1. The van der Waals surface area contributed by atoms with E-state index in [9.17, 15) is 5.11 Å². The molecule has 0 aliphatic carbocycles. The first-order chi connectivity index (χ1) is 8.50. The van der Waals surface area contributed by atoms with Gasteiger partial charge < -0.3 is 21.1 Å². The molecule has 0 saturated carbocycles. The van der Waals surface area contributed by atoms with Gasteiger partial charge in [0, 0.05) is 13.1 Å². The highest BCUT2D eigenvalue weighted by molar-refractivity contribution is 5.43. The molecule has 7 nitrogen and oxygen atoms in total. The first-order valence-corrected chi connectivity index (χ1v) is 6.16. The number of hydrogen-bond donors (Lipinski definition) is 3. The Balaban J connectivity index is 2.20. The normalized spacial score (nSPS) is 16.1. The summed E-state index contributed by atoms with van der Waals surface area (Å²) in [6, 6.07) is 0. The number of hydrogen-bond acceptors (Lipinski definition) is 7. The minimum Gasteiger partial charge on any atom is -0.394 e. The highest BCUT2D eigenvalue weighted by Gasteiger charge is 2.20. The number of nitrogens with two attached hydrogens (primary N) is 1. The monoisotopic (exact) mass is 252 g/mol. The lowest BCUT2D eigenvalue weighted by Gasteiger charge is -2.24. The summed E-state index contributed by atoms with van der Waals surface area (Å²) in [5.74, 6) is 1.21. The van der Waals surface area contributed by atoms with Crippen LogP contribution in [0.25, 0.3) is 0 Å². The molecule has 2 heterocycles. The fraction of sp³-hybridized carbons (Fsp3) is 0.727. The topological polar surface area (TPSA) is 100 Å². The second kappa shape index (κ2) is 4.93. The summed E-state index contributed by atoms with van der Waals surface area (Å²) >= 11 is 0. The van der Waals surface area contributed by atoms with Crippen LogP contribution in [0.15, 0.2) is 0 Å². The van der Waals surface area contributed by atoms with E-state index in [-0.39, 0.29) is 12.6 Å². The van der Waals surface area contributed by atoms with E-state index in [2.05, 4.69) is 25.2 Å². The Morgan fingerprint density at radius 2 is 1.94 bits per heavy atom. The number of nitrogens with zero attached hydrogens (tertiary/aromatic N) is 4. The summed E-state index contributed by atoms with van der Waals surface area (Å²) in [4.78, 5) is 14.6. The molecule has 0 amide bonds. The van der Waals surface area contributed by atoms with Crippen molar-refractivity contribution in [3.8, 4) is 0 Å². The molecule has 0 spiro atoms. The molecule has 2 rings (SSSR count). The lowest BCUT2D eigenvalue weighted by Crippen LogP contribution is -2.36. The molecule has 0 aromatic carbocycles. The Labute approximate surface area is 106 Å². The van der Waals surface area contributed by atoms with E-state index in [4.69, 9.17) is 5.73 Å². The molecule has 0 radical (unpaired) electrons. The van der Waals surface area contributed by atoms with E-state index < -0.39 is 5.54 Å². The number of anilines is 3. The maximum atomic E-state index is 9.23. The van der Waals surface area contributed by atoms with Gasteiger partial charge >= 0.3 is 0 Å². The van der Waals surface area contributed by atoms with Gasteiger partial charge in [-0.05, 0) is 26.7 Å². The first kappa shape index (κ1) is 12.8. The average molecular weight is 252 g/mol. The molecule has 1 fully saturated rings. The highest BCUT2D eigenvalue weighted by Crippen LogP contribution is 2.19. The number of nitrogen functional groups attached to an aromatic ring is 1. The predicted octanol–water partition coefficient (Wildman–Crippen LogP) is 0.237. The largest absolute Gasteiger partial charge is 0.394 e. The zero-order valence-electron chi connectivity index (χ0n) is 10.8. The third-order valence-electron chi connectivity index (χ3n) is 2.88. The third kappa shape index (κ3) is 2.98. The zero-order valence-corrected chi connectivity index (χ0v) is 10.8. The summed E-state index contributed by atoms with van der Waals surface area (Å²) in [7, 11) is 0. The molecule has 1 aromatic heterocycles. The molecular formula is C11H20N6O. The van der Waals surface area contributed by atoms with Crippen molar-refractivity contribution in [1.82, 2.24) is 15.0 Å². The molecule has 1 aromatic rings. The second-order valence-corrected chi connectivity index (χ2v) is 5.18. The van der Waals surface area contributed by atoms with Crippen LogP contribution in [0.1, 0.15) is 26.7 Å². The van der Waals surface area contributed by atoms with Crippen LogP contribution >= 0.6 is 0 Å². The fourth-order valence-corrected chi connectivity index (χ4v) is 1.84. The van der Waals surface area contributed by atoms with Crippen LogP contribution in [0.3, 0.4) is 0 Å². The van der Waals surface area contributed by atoms with Crippen LogP contribution in [-0.4, -0.2) is 45.3 Å². The van der Waals surface area contributed by atoms with Gasteiger partial charge in [0.25, 0.3) is 0 Å². The van der Waals surface area contributed by atoms with Crippen molar-refractivity contribution in [2.75, 3.05) is 35.6 Å². The molecule has 0 unspecified atom stereocenters. The number of rotatable bonds is 4. The summed E-state index contributed by atoms with van der Waals surface area (Å²) in [5, 5.41) is 12.3. The van der Waals surface area contributed by atoms with Gasteiger partial charge in [0.05, 0.1) is 12.1 Å². The van der Waals surface area contributed by atoms with Gasteiger partial charge in [0.2, 0.25) is 17.8 Å². The molecule has 100 valence electrons. The zero-order chi connectivity index (χ0) is 13.2. The van der Waals surface area contributed by atoms with Gasteiger partial charge in [-0.15, -0.1) is 0 Å². The molecule has 7 heteroatoms. The Morgan fingerprint density at radius 3 is 2.56 bits per heavy atom. The van der Waals surface area contributed by atoms with Crippen LogP contribution in [0.5, 0.6) is 0 Å². The van der Waals surface area contributed by atoms with E-state index in [1.807, 2.05) is 13.8 Å². The van der Waals surface area contributed by atoms with Crippen LogP contribution < -0.4 is 16.0 Å². The molecule has 1 saturated heterocycles. The van der Waals surface area contributed by atoms with Crippen molar-refractivity contribution in [3.63, 3.8) is 0 Å². The Bertz CT molecular complexity index is 416. The van der Waals surface area contributed by atoms with Gasteiger partial charge in [0.1, 0.15) is 0 Å². The van der Waals surface area contributed by atoms with Gasteiger partial charge in [-0.2, -0.15) is 15.0 Å². The van der Waals surface area contributed by atoms with Crippen LogP contribution in [0.2, 0.25) is 0 Å². The standard InChI is InChI=1S/C11H20N6O/c1-11(2,7-18)16-9-13-8(12)14-10(15-9)17-5-3-4-6-17/h18H,3-7H2,1-2H3,(H3,12,13,14,15,16). The SMILES string of the molecule is CC(C)(CO)Nc1nc(N)nc(N2CCCC2)n1. The van der Waals surface area contributed by atoms with Crippen LogP contribution in [0.4, 0.5) is 17.8 Å². The van der Waals surface area contributed by atoms with E-state index in [1.165, 1.54) is 0 Å². The van der Waals surface area contributed by atoms with Crippen molar-refractivity contribution >= 4 is 17.8 Å². The maximum absolute atomic E-state index is 9.23. The van der Waals surface area contributed by atoms with Crippen LogP contribution in [-0.2, 0) is 0 Å². The Hall–Kier alpha value is -1.63. The summed E-state index contributed by atoms with van der Waals surface area (Å²) in [6.45, 7) is 5.61. The van der Waals surface area contributed by atoms with Gasteiger partial charge in [-0.25, -0.2) is 0 Å². The lowest BCUT2D eigenvalue weighted by molar-refractivity contribution is 0.233. The van der Waals surface area contributed by atoms with E-state index in [0.29, 0.717) is 11.9 Å². The molecule has 18 heavy (non-hydrogen) atoms. The highest BCUT2D eigenvalue weighted by atomic mass is 16.3. The van der Waals surface area contributed by atoms with Crippen molar-refractivity contribution < 1.29 is 5.11 Å². The van der Waals surface area contributed by atoms with Crippen LogP contribution in [0, 0.1) is 0 Å². The molecule has 1 aliphatic rings. The van der Waals surface area contributed by atoms with Crippen molar-refractivity contribution in [2.24, 2.45) is 0 Å². The maximum Gasteiger partial charge on any atom is 0.231 e. The number of aliphatic hydroxyl groups is 1. The summed E-state index contributed by atoms with van der Waals surface area (Å²) in [5.41, 5.74) is 5.21. The minimum atomic E-state index is -0.490. The van der Waals surface area contributed by atoms with E-state index in [0.717, 1.165) is 25.9 Å². The third-order valence-corrected chi connectivity index (χ3v) is 2.88. The van der Waals surface area contributed by atoms with Crippen molar-refractivity contribution in [3.05, 3.63) is 0 Å². The van der Waals surface area contributed by atoms with Gasteiger partial charge in [0.15, 0.2) is 0 Å². The second-order valence-electron chi connectivity index (χ2n) is 5.18. The van der Waals surface area contributed by atoms with Gasteiger partial charge in [-0.3, -0.25) is 0 Å². The summed E-state index contributed by atoms with van der Waals surface area (Å²) in [6.07, 6.45) is 2.30. The molecular weight excluding hydrogens is 232 g/mol. The molecule has 4 N–H and O–H groups in total. The van der Waals surface area contributed by atoms with E-state index in [1.54, 1.807) is 0 Å². The Morgan fingerprint density at radius 1 is 1.28 bits per heavy atom. The van der Waals surface area contributed by atoms with Crippen molar-refractivity contribution in [1.29, 1.82) is 0 Å². The minimum absolute atomic E-state index is 0.0162. The molecule has 0 bridgehead atoms. The number of aromatic nitrogens is 3. The molecule has 0 atom stereocenters. The van der Waals surface area contributed by atoms with Gasteiger partial charge in [-0.1, -0.05) is 0 Å². The summed E-state index contributed by atoms with van der Waals surface area (Å²) < 4.78 is 0. The predicted molar refractivity (Wildman–Crippen MR) is 70.5 cm³/mol. The molecule has 1 aliphatic heterocycles. The number of nitrogens with one attached hydrogen (secondary N) is 1. The van der Waals surface area contributed by atoms with E-state index >= 15 is 0 Å².